The third-order valence-electron chi connectivity index (χ3n) is 6.43. The van der Waals surface area contributed by atoms with Gasteiger partial charge in [-0.3, -0.25) is 0 Å². The molecule has 0 saturated heterocycles. The molecule has 0 unspecified atom stereocenters. The van der Waals surface area contributed by atoms with Crippen LogP contribution in [0.4, 0.5) is 0 Å². The third kappa shape index (κ3) is 5.45. The lowest BCUT2D eigenvalue weighted by molar-refractivity contribution is 0.584. The Bertz CT molecular complexity index is 1410. The molecule has 0 aromatic heterocycles. The molecular formula is C34H26O2Si2. The summed E-state index contributed by atoms with van der Waals surface area (Å²) in [6.07, 6.45) is 0. The quantitative estimate of drug-likeness (QED) is 0.282. The minimum atomic E-state index is -3.23. The monoisotopic (exact) mass is 522 g/mol. The molecule has 2 N–H and O–H groups in total. The summed E-state index contributed by atoms with van der Waals surface area (Å²) in [5.74, 6) is 6.41. The van der Waals surface area contributed by atoms with Gasteiger partial charge in [0.25, 0.3) is 0 Å². The number of rotatable bonds is 4. The van der Waals surface area contributed by atoms with Crippen molar-refractivity contribution >= 4 is 37.4 Å². The van der Waals surface area contributed by atoms with Gasteiger partial charge in [-0.05, 0) is 45.0 Å². The summed E-state index contributed by atoms with van der Waals surface area (Å²) in [4.78, 5) is 23.6. The van der Waals surface area contributed by atoms with Gasteiger partial charge in [-0.1, -0.05) is 144 Å². The Hall–Kier alpha value is -4.43. The van der Waals surface area contributed by atoms with Gasteiger partial charge >= 0.3 is 16.6 Å². The van der Waals surface area contributed by atoms with Crippen LogP contribution in [0.15, 0.2) is 146 Å². The molecule has 0 spiro atoms. The largest absolute Gasteiger partial charge is 0.415 e. The number of hydrogen-bond donors (Lipinski definition) is 2. The van der Waals surface area contributed by atoms with E-state index in [2.05, 4.69) is 22.9 Å². The van der Waals surface area contributed by atoms with Crippen LogP contribution >= 0.6 is 0 Å². The second-order valence-electron chi connectivity index (χ2n) is 8.96. The zero-order valence-electron chi connectivity index (χ0n) is 20.8. The van der Waals surface area contributed by atoms with E-state index in [0.29, 0.717) is 0 Å². The van der Waals surface area contributed by atoms with E-state index in [1.807, 2.05) is 146 Å². The van der Waals surface area contributed by atoms with Crippen LogP contribution in [0.2, 0.25) is 0 Å². The summed E-state index contributed by atoms with van der Waals surface area (Å²) in [6.45, 7) is 0. The van der Waals surface area contributed by atoms with Crippen molar-refractivity contribution in [2.24, 2.45) is 0 Å². The highest BCUT2D eigenvalue weighted by atomic mass is 28.4. The Labute approximate surface area is 226 Å². The summed E-state index contributed by atoms with van der Waals surface area (Å²) in [5, 5.41) is 3.42. The first-order chi connectivity index (χ1) is 18.6. The van der Waals surface area contributed by atoms with E-state index >= 15 is 0 Å². The van der Waals surface area contributed by atoms with Crippen LogP contribution in [-0.2, 0) is 0 Å². The van der Waals surface area contributed by atoms with Crippen molar-refractivity contribution in [2.45, 2.75) is 0 Å². The highest BCUT2D eigenvalue weighted by Gasteiger charge is 2.35. The molecule has 5 rings (SSSR count). The molecule has 2 nitrogen and oxygen atoms in total. The molecule has 0 radical (unpaired) electrons. The van der Waals surface area contributed by atoms with Gasteiger partial charge in [-0.25, -0.2) is 0 Å². The average molecular weight is 523 g/mol. The summed E-state index contributed by atoms with van der Waals surface area (Å²) >= 11 is 0. The number of hydrogen-bond acceptors (Lipinski definition) is 2. The van der Waals surface area contributed by atoms with Crippen LogP contribution in [-0.4, -0.2) is 26.2 Å². The first-order valence-corrected chi connectivity index (χ1v) is 16.3. The van der Waals surface area contributed by atoms with Crippen LogP contribution in [0.1, 0.15) is 11.1 Å². The third-order valence-corrected chi connectivity index (χ3v) is 12.1. The first-order valence-electron chi connectivity index (χ1n) is 12.4. The van der Waals surface area contributed by atoms with Crippen LogP contribution < -0.4 is 20.7 Å². The van der Waals surface area contributed by atoms with Crippen LogP contribution in [0.3, 0.4) is 0 Å². The minimum absolute atomic E-state index is 0.798. The zero-order chi connectivity index (χ0) is 26.3. The predicted octanol–water partition coefficient (Wildman–Crippen LogP) is 2.97. The van der Waals surface area contributed by atoms with E-state index in [-0.39, 0.29) is 0 Å². The van der Waals surface area contributed by atoms with Gasteiger partial charge in [0.15, 0.2) is 0 Å². The van der Waals surface area contributed by atoms with E-state index in [1.54, 1.807) is 0 Å². The van der Waals surface area contributed by atoms with Crippen molar-refractivity contribution in [3.63, 3.8) is 0 Å². The maximum absolute atomic E-state index is 11.8. The van der Waals surface area contributed by atoms with E-state index in [0.717, 1.165) is 31.9 Å². The van der Waals surface area contributed by atoms with Crippen LogP contribution in [0.25, 0.3) is 0 Å². The van der Waals surface area contributed by atoms with Crippen molar-refractivity contribution < 1.29 is 9.59 Å². The maximum atomic E-state index is 11.8. The fourth-order valence-corrected chi connectivity index (χ4v) is 8.90. The maximum Gasteiger partial charge on any atom is 0.335 e. The highest BCUT2D eigenvalue weighted by molar-refractivity contribution is 7.03. The Morgan fingerprint density at radius 1 is 0.342 bits per heavy atom. The van der Waals surface area contributed by atoms with Gasteiger partial charge in [0, 0.05) is 11.1 Å². The summed E-state index contributed by atoms with van der Waals surface area (Å²) in [5.41, 5.74) is 8.07. The minimum Gasteiger partial charge on any atom is -0.415 e. The fraction of sp³-hybridized carbons (Fsp3) is 0. The average Bonchev–Trinajstić information content (AvgIpc) is 3.01. The number of benzene rings is 5. The molecule has 0 aliphatic heterocycles. The molecule has 0 atom stereocenters. The Morgan fingerprint density at radius 2 is 0.579 bits per heavy atom. The Kier molecular flexibility index (Phi) is 7.51. The van der Waals surface area contributed by atoms with E-state index in [9.17, 15) is 9.59 Å². The molecule has 0 aliphatic carbocycles. The Balaban J connectivity index is 1.46. The normalized spacial score (nSPS) is 11.0. The molecule has 0 amide bonds. The van der Waals surface area contributed by atoms with Crippen molar-refractivity contribution in [1.82, 2.24) is 0 Å². The zero-order valence-corrected chi connectivity index (χ0v) is 22.8. The van der Waals surface area contributed by atoms with Crippen molar-refractivity contribution in [3.8, 4) is 22.9 Å². The second-order valence-corrected chi connectivity index (χ2v) is 14.6. The molecule has 0 heterocycles. The SMILES string of the molecule is O[Si](C#Cc1ccc(C#C[Si](O)(c2ccccc2)c2ccccc2)cc1)(c1ccccc1)c1ccccc1. The summed E-state index contributed by atoms with van der Waals surface area (Å²) in [6, 6.07) is 46.4. The van der Waals surface area contributed by atoms with E-state index in [4.69, 9.17) is 0 Å². The molecule has 0 fully saturated rings. The standard InChI is InChI=1S/C34H26O2Si2/c35-37(31-13-5-1-6-14-31,32-15-7-2-8-16-32)27-25-29-21-23-30(24-22-29)26-28-38(36,33-17-9-3-10-18-33)34-19-11-4-12-20-34/h1-24,35-36H. The molecule has 182 valence electrons. The van der Waals surface area contributed by atoms with Crippen molar-refractivity contribution in [2.75, 3.05) is 0 Å². The molecule has 0 aliphatic rings. The van der Waals surface area contributed by atoms with Gasteiger partial charge in [0.2, 0.25) is 0 Å². The predicted molar refractivity (Wildman–Crippen MR) is 160 cm³/mol. The Morgan fingerprint density at radius 3 is 0.816 bits per heavy atom. The van der Waals surface area contributed by atoms with Gasteiger partial charge in [0.05, 0.1) is 0 Å². The van der Waals surface area contributed by atoms with Crippen LogP contribution in [0, 0.1) is 22.9 Å². The fourth-order valence-electron chi connectivity index (χ4n) is 4.30. The van der Waals surface area contributed by atoms with Crippen molar-refractivity contribution in [1.29, 1.82) is 0 Å². The van der Waals surface area contributed by atoms with E-state index < -0.39 is 16.6 Å². The van der Waals surface area contributed by atoms with Crippen molar-refractivity contribution in [3.05, 3.63) is 157 Å². The van der Waals surface area contributed by atoms with Gasteiger partial charge in [-0.2, -0.15) is 0 Å². The first kappa shape index (κ1) is 25.2. The van der Waals surface area contributed by atoms with Gasteiger partial charge in [-0.15, -0.1) is 0 Å². The summed E-state index contributed by atoms with van der Waals surface area (Å²) < 4.78 is 0. The van der Waals surface area contributed by atoms with Crippen LogP contribution in [0.5, 0.6) is 0 Å². The lowest BCUT2D eigenvalue weighted by Crippen LogP contribution is -2.58. The van der Waals surface area contributed by atoms with Gasteiger partial charge < -0.3 is 9.59 Å². The molecule has 38 heavy (non-hydrogen) atoms. The lowest BCUT2D eigenvalue weighted by atomic mass is 10.1. The molecular weight excluding hydrogens is 497 g/mol. The smallest absolute Gasteiger partial charge is 0.335 e. The van der Waals surface area contributed by atoms with E-state index in [1.165, 1.54) is 0 Å². The molecule has 0 bridgehead atoms. The molecule has 4 heteroatoms. The highest BCUT2D eigenvalue weighted by Crippen LogP contribution is 2.07. The topological polar surface area (TPSA) is 40.5 Å². The molecule has 5 aromatic rings. The van der Waals surface area contributed by atoms with Gasteiger partial charge in [0.1, 0.15) is 0 Å². The second kappa shape index (κ2) is 11.3. The lowest BCUT2D eigenvalue weighted by Gasteiger charge is -2.20. The molecule has 5 aromatic carbocycles. The molecule has 0 saturated carbocycles. The summed E-state index contributed by atoms with van der Waals surface area (Å²) in [7, 11) is -6.46.